The second-order valence-electron chi connectivity index (χ2n) is 6.75. The SMILES string of the molecule is CCCCN(C)C(=O)Cn1c(C(C)NC(=O)CCC)nc2ccccc21. The van der Waals surface area contributed by atoms with Crippen molar-refractivity contribution in [2.75, 3.05) is 13.6 Å². The van der Waals surface area contributed by atoms with Crippen molar-refractivity contribution in [1.82, 2.24) is 19.8 Å². The third-order valence-electron chi connectivity index (χ3n) is 4.49. The van der Waals surface area contributed by atoms with Crippen molar-refractivity contribution in [2.24, 2.45) is 0 Å². The highest BCUT2D eigenvalue weighted by molar-refractivity contribution is 5.81. The van der Waals surface area contributed by atoms with Crippen molar-refractivity contribution < 1.29 is 9.59 Å². The van der Waals surface area contributed by atoms with E-state index >= 15 is 0 Å². The molecule has 6 nitrogen and oxygen atoms in total. The lowest BCUT2D eigenvalue weighted by Gasteiger charge is -2.20. The Morgan fingerprint density at radius 1 is 1.23 bits per heavy atom. The molecule has 142 valence electrons. The summed E-state index contributed by atoms with van der Waals surface area (Å²) in [7, 11) is 1.84. The summed E-state index contributed by atoms with van der Waals surface area (Å²) in [6.07, 6.45) is 3.33. The Morgan fingerprint density at radius 3 is 2.65 bits per heavy atom. The topological polar surface area (TPSA) is 67.2 Å². The number of para-hydroxylation sites is 2. The molecule has 2 rings (SSSR count). The molecule has 1 heterocycles. The number of aromatic nitrogens is 2. The number of rotatable bonds is 9. The zero-order chi connectivity index (χ0) is 19.1. The Balaban J connectivity index is 2.28. The number of nitrogens with one attached hydrogen (secondary N) is 1. The first-order valence-corrected chi connectivity index (χ1v) is 9.46. The van der Waals surface area contributed by atoms with Crippen LogP contribution in [-0.4, -0.2) is 39.9 Å². The predicted octanol–water partition coefficient (Wildman–Crippen LogP) is 3.27. The Kier molecular flexibility index (Phi) is 7.18. The summed E-state index contributed by atoms with van der Waals surface area (Å²) in [4.78, 5) is 31.1. The first-order chi connectivity index (χ1) is 12.5. The molecule has 0 aliphatic rings. The lowest BCUT2D eigenvalue weighted by atomic mass is 10.2. The van der Waals surface area contributed by atoms with Gasteiger partial charge in [-0.25, -0.2) is 4.98 Å². The first kappa shape index (κ1) is 19.9. The number of hydrogen-bond donors (Lipinski definition) is 1. The van der Waals surface area contributed by atoms with Gasteiger partial charge in [0.05, 0.1) is 17.1 Å². The molecule has 2 amide bonds. The molecule has 0 radical (unpaired) electrons. The van der Waals surface area contributed by atoms with Gasteiger partial charge in [-0.3, -0.25) is 9.59 Å². The van der Waals surface area contributed by atoms with Gasteiger partial charge in [0.2, 0.25) is 11.8 Å². The van der Waals surface area contributed by atoms with Gasteiger partial charge in [0.15, 0.2) is 0 Å². The first-order valence-electron chi connectivity index (χ1n) is 9.46. The van der Waals surface area contributed by atoms with Crippen molar-refractivity contribution in [3.05, 3.63) is 30.1 Å². The van der Waals surface area contributed by atoms with E-state index in [-0.39, 0.29) is 24.4 Å². The quantitative estimate of drug-likeness (QED) is 0.748. The second kappa shape index (κ2) is 9.36. The molecule has 1 aromatic carbocycles. The zero-order valence-corrected chi connectivity index (χ0v) is 16.3. The van der Waals surface area contributed by atoms with E-state index in [1.54, 1.807) is 4.90 Å². The summed E-state index contributed by atoms with van der Waals surface area (Å²) >= 11 is 0. The van der Waals surface area contributed by atoms with Gasteiger partial charge in [0, 0.05) is 20.0 Å². The summed E-state index contributed by atoms with van der Waals surface area (Å²) in [5, 5.41) is 2.99. The number of unbranched alkanes of at least 4 members (excludes halogenated alkanes) is 1. The van der Waals surface area contributed by atoms with Crippen molar-refractivity contribution in [1.29, 1.82) is 0 Å². The molecule has 6 heteroatoms. The lowest BCUT2D eigenvalue weighted by Crippen LogP contribution is -2.33. The van der Waals surface area contributed by atoms with Crippen LogP contribution in [0.2, 0.25) is 0 Å². The number of benzene rings is 1. The van der Waals surface area contributed by atoms with Gasteiger partial charge in [-0.15, -0.1) is 0 Å². The molecular weight excluding hydrogens is 328 g/mol. The highest BCUT2D eigenvalue weighted by Crippen LogP contribution is 2.21. The largest absolute Gasteiger partial charge is 0.346 e. The Bertz CT molecular complexity index is 753. The minimum Gasteiger partial charge on any atom is -0.346 e. The van der Waals surface area contributed by atoms with Crippen molar-refractivity contribution in [3.63, 3.8) is 0 Å². The fourth-order valence-electron chi connectivity index (χ4n) is 2.97. The number of carbonyl (C=O) groups excluding carboxylic acids is 2. The molecule has 0 saturated carbocycles. The van der Waals surface area contributed by atoms with Crippen molar-refractivity contribution in [2.45, 2.75) is 59.0 Å². The maximum atomic E-state index is 12.6. The summed E-state index contributed by atoms with van der Waals surface area (Å²) < 4.78 is 1.93. The third-order valence-corrected chi connectivity index (χ3v) is 4.49. The van der Waals surface area contributed by atoms with E-state index < -0.39 is 0 Å². The zero-order valence-electron chi connectivity index (χ0n) is 16.3. The maximum Gasteiger partial charge on any atom is 0.242 e. The van der Waals surface area contributed by atoms with Crippen LogP contribution in [0.5, 0.6) is 0 Å². The smallest absolute Gasteiger partial charge is 0.242 e. The highest BCUT2D eigenvalue weighted by Gasteiger charge is 2.20. The number of nitrogens with zero attached hydrogens (tertiary/aromatic N) is 3. The van der Waals surface area contributed by atoms with E-state index in [9.17, 15) is 9.59 Å². The summed E-state index contributed by atoms with van der Waals surface area (Å²) in [5.41, 5.74) is 1.75. The van der Waals surface area contributed by atoms with Crippen LogP contribution in [0.1, 0.15) is 58.3 Å². The molecule has 1 atom stereocenters. The molecule has 1 N–H and O–H groups in total. The van der Waals surface area contributed by atoms with Crippen LogP contribution in [0, 0.1) is 0 Å². The van der Waals surface area contributed by atoms with Gasteiger partial charge in [-0.05, 0) is 31.9 Å². The molecule has 0 saturated heterocycles. The predicted molar refractivity (Wildman–Crippen MR) is 104 cm³/mol. The van der Waals surface area contributed by atoms with Crippen LogP contribution in [0.25, 0.3) is 11.0 Å². The fraction of sp³-hybridized carbons (Fsp3) is 0.550. The van der Waals surface area contributed by atoms with Crippen LogP contribution in [0.15, 0.2) is 24.3 Å². The number of amides is 2. The van der Waals surface area contributed by atoms with Crippen molar-refractivity contribution in [3.8, 4) is 0 Å². The Labute approximate surface area is 155 Å². The van der Waals surface area contributed by atoms with E-state index in [0.29, 0.717) is 12.2 Å². The van der Waals surface area contributed by atoms with Gasteiger partial charge in [-0.2, -0.15) is 0 Å². The van der Waals surface area contributed by atoms with Gasteiger partial charge >= 0.3 is 0 Å². The molecule has 2 aromatic rings. The summed E-state index contributed by atoms with van der Waals surface area (Å²) in [6.45, 7) is 6.98. The van der Waals surface area contributed by atoms with E-state index in [4.69, 9.17) is 0 Å². The van der Waals surface area contributed by atoms with Crippen LogP contribution in [-0.2, 0) is 16.1 Å². The molecule has 0 spiro atoms. The van der Waals surface area contributed by atoms with Gasteiger partial charge in [-0.1, -0.05) is 32.4 Å². The van der Waals surface area contributed by atoms with Gasteiger partial charge < -0.3 is 14.8 Å². The van der Waals surface area contributed by atoms with Crippen LogP contribution in [0.3, 0.4) is 0 Å². The Hall–Kier alpha value is -2.37. The van der Waals surface area contributed by atoms with E-state index in [2.05, 4.69) is 17.2 Å². The fourth-order valence-corrected chi connectivity index (χ4v) is 2.97. The van der Waals surface area contributed by atoms with Crippen LogP contribution >= 0.6 is 0 Å². The number of carbonyl (C=O) groups is 2. The number of likely N-dealkylation sites (N-methyl/N-ethyl adjacent to an activating group) is 1. The van der Waals surface area contributed by atoms with Crippen LogP contribution in [0.4, 0.5) is 0 Å². The molecule has 1 aromatic heterocycles. The normalized spacial score (nSPS) is 12.2. The van der Waals surface area contributed by atoms with E-state index in [1.807, 2.05) is 49.7 Å². The van der Waals surface area contributed by atoms with Gasteiger partial charge in [0.25, 0.3) is 0 Å². The average molecular weight is 358 g/mol. The maximum absolute atomic E-state index is 12.6. The number of fused-ring (bicyclic) bond motifs is 1. The lowest BCUT2D eigenvalue weighted by molar-refractivity contribution is -0.130. The summed E-state index contributed by atoms with van der Waals surface area (Å²) in [5.74, 6) is 0.771. The number of imidazole rings is 1. The molecular formula is C20H30N4O2. The third kappa shape index (κ3) is 4.84. The van der Waals surface area contributed by atoms with Gasteiger partial charge in [0.1, 0.15) is 12.4 Å². The molecule has 1 unspecified atom stereocenters. The molecule has 0 aliphatic carbocycles. The molecule has 0 aliphatic heterocycles. The Morgan fingerprint density at radius 2 is 1.96 bits per heavy atom. The molecule has 0 bridgehead atoms. The highest BCUT2D eigenvalue weighted by atomic mass is 16.2. The van der Waals surface area contributed by atoms with Crippen LogP contribution < -0.4 is 5.32 Å². The second-order valence-corrected chi connectivity index (χ2v) is 6.75. The summed E-state index contributed by atoms with van der Waals surface area (Å²) in [6, 6.07) is 7.51. The standard InChI is InChI=1S/C20H30N4O2/c1-5-7-13-23(4)19(26)14-24-17-12-9-8-11-16(17)22-20(24)15(3)21-18(25)10-6-2/h8-9,11-12,15H,5-7,10,13-14H2,1-4H3,(H,21,25). The molecule has 0 fully saturated rings. The minimum absolute atomic E-state index is 0.00463. The monoisotopic (exact) mass is 358 g/mol. The molecule has 26 heavy (non-hydrogen) atoms. The van der Waals surface area contributed by atoms with Crippen molar-refractivity contribution >= 4 is 22.8 Å². The van der Waals surface area contributed by atoms with E-state index in [0.717, 1.165) is 36.8 Å². The number of hydrogen-bond acceptors (Lipinski definition) is 3. The van der Waals surface area contributed by atoms with E-state index in [1.165, 1.54) is 0 Å². The average Bonchev–Trinajstić information content (AvgIpc) is 2.98. The minimum atomic E-state index is -0.254.